The highest BCUT2D eigenvalue weighted by Crippen LogP contribution is 2.23. The van der Waals surface area contributed by atoms with E-state index < -0.39 is 0 Å². The molecule has 1 aromatic heterocycles. The zero-order valence-corrected chi connectivity index (χ0v) is 14.7. The maximum absolute atomic E-state index is 12.3. The van der Waals surface area contributed by atoms with Gasteiger partial charge in [-0.25, -0.2) is 9.97 Å². The third-order valence-electron chi connectivity index (χ3n) is 3.02. The van der Waals surface area contributed by atoms with Gasteiger partial charge in [0.05, 0.1) is 0 Å². The number of halogens is 1. The van der Waals surface area contributed by atoms with Gasteiger partial charge in [-0.2, -0.15) is 0 Å². The molecule has 0 spiro atoms. The monoisotopic (exact) mass is 332 g/mol. The van der Waals surface area contributed by atoms with Gasteiger partial charge in [-0.1, -0.05) is 17.7 Å². The quantitative estimate of drug-likeness (QED) is 0.890. The van der Waals surface area contributed by atoms with Crippen molar-refractivity contribution in [3.05, 3.63) is 46.4 Å². The molecule has 122 valence electrons. The molecule has 0 aliphatic carbocycles. The van der Waals surface area contributed by atoms with E-state index in [0.717, 1.165) is 11.3 Å². The van der Waals surface area contributed by atoms with E-state index in [9.17, 15) is 4.79 Å². The molecular formula is C17H21ClN4O. The van der Waals surface area contributed by atoms with Gasteiger partial charge in [0, 0.05) is 22.3 Å². The topological polar surface area (TPSA) is 66.9 Å². The first-order valence-corrected chi connectivity index (χ1v) is 7.73. The molecule has 0 radical (unpaired) electrons. The van der Waals surface area contributed by atoms with E-state index in [2.05, 4.69) is 20.6 Å². The fourth-order valence-corrected chi connectivity index (χ4v) is 2.19. The van der Waals surface area contributed by atoms with Gasteiger partial charge < -0.3 is 10.6 Å². The number of nitrogens with one attached hydrogen (secondary N) is 2. The minimum absolute atomic E-state index is 0.228. The lowest BCUT2D eigenvalue weighted by molar-refractivity contribution is 0.0914. The second kappa shape index (κ2) is 6.54. The summed E-state index contributed by atoms with van der Waals surface area (Å²) >= 11 is 6.03. The molecule has 0 bridgehead atoms. The predicted molar refractivity (Wildman–Crippen MR) is 93.5 cm³/mol. The number of aryl methyl sites for hydroxylation is 2. The number of carbonyl (C=O) groups excluding carboxylic acids is 1. The lowest BCUT2D eigenvalue weighted by Crippen LogP contribution is -2.41. The zero-order valence-electron chi connectivity index (χ0n) is 14.0. The molecule has 2 N–H and O–H groups in total. The highest BCUT2D eigenvalue weighted by Gasteiger charge is 2.17. The number of anilines is 2. The van der Waals surface area contributed by atoms with Gasteiger partial charge >= 0.3 is 0 Å². The van der Waals surface area contributed by atoms with Crippen molar-refractivity contribution in [2.45, 2.75) is 40.2 Å². The summed E-state index contributed by atoms with van der Waals surface area (Å²) in [7, 11) is 0. The molecule has 1 amide bonds. The van der Waals surface area contributed by atoms with E-state index in [1.807, 2.05) is 45.9 Å². The van der Waals surface area contributed by atoms with Crippen LogP contribution in [0.2, 0.25) is 5.02 Å². The Balaban J connectivity index is 2.30. The fraction of sp³-hybridized carbons (Fsp3) is 0.353. The SMILES string of the molecule is Cc1nc(Nc2cc(Cl)ccc2C)cc(C(=O)NC(C)(C)C)n1. The molecule has 0 saturated carbocycles. The molecule has 2 aromatic rings. The molecule has 23 heavy (non-hydrogen) atoms. The molecule has 1 heterocycles. The van der Waals surface area contributed by atoms with Gasteiger partial charge in [0.2, 0.25) is 0 Å². The van der Waals surface area contributed by atoms with Crippen molar-refractivity contribution in [3.8, 4) is 0 Å². The molecular weight excluding hydrogens is 312 g/mol. The van der Waals surface area contributed by atoms with Crippen LogP contribution in [0.15, 0.2) is 24.3 Å². The van der Waals surface area contributed by atoms with Crippen molar-refractivity contribution in [1.82, 2.24) is 15.3 Å². The van der Waals surface area contributed by atoms with Gasteiger partial charge in [-0.15, -0.1) is 0 Å². The zero-order chi connectivity index (χ0) is 17.2. The third kappa shape index (κ3) is 4.93. The minimum atomic E-state index is -0.326. The average Bonchev–Trinajstić information content (AvgIpc) is 2.40. The molecule has 0 saturated heterocycles. The summed E-state index contributed by atoms with van der Waals surface area (Å²) < 4.78 is 0. The van der Waals surface area contributed by atoms with Crippen molar-refractivity contribution in [3.63, 3.8) is 0 Å². The Labute approximate surface area is 141 Å². The summed E-state index contributed by atoms with van der Waals surface area (Å²) in [6, 6.07) is 7.21. The molecule has 0 aliphatic heterocycles. The minimum Gasteiger partial charge on any atom is -0.346 e. The van der Waals surface area contributed by atoms with Crippen LogP contribution >= 0.6 is 11.6 Å². The highest BCUT2D eigenvalue weighted by molar-refractivity contribution is 6.30. The Morgan fingerprint density at radius 1 is 1.13 bits per heavy atom. The maximum Gasteiger partial charge on any atom is 0.270 e. The molecule has 2 rings (SSSR count). The van der Waals surface area contributed by atoms with Crippen molar-refractivity contribution in [2.75, 3.05) is 5.32 Å². The Morgan fingerprint density at radius 2 is 1.83 bits per heavy atom. The number of nitrogens with zero attached hydrogens (tertiary/aromatic N) is 2. The van der Waals surface area contributed by atoms with Crippen molar-refractivity contribution >= 4 is 29.0 Å². The number of benzene rings is 1. The molecule has 0 fully saturated rings. The van der Waals surface area contributed by atoms with E-state index >= 15 is 0 Å². The first-order valence-electron chi connectivity index (χ1n) is 7.35. The second-order valence-corrected chi connectivity index (χ2v) is 6.91. The van der Waals surface area contributed by atoms with Crippen LogP contribution in [0.3, 0.4) is 0 Å². The lowest BCUT2D eigenvalue weighted by Gasteiger charge is -2.20. The van der Waals surface area contributed by atoms with Gasteiger partial charge in [0.15, 0.2) is 0 Å². The van der Waals surface area contributed by atoms with E-state index in [1.165, 1.54) is 0 Å². The Morgan fingerprint density at radius 3 is 2.48 bits per heavy atom. The van der Waals surface area contributed by atoms with Crippen LogP contribution in [0.25, 0.3) is 0 Å². The summed E-state index contributed by atoms with van der Waals surface area (Å²) in [6.07, 6.45) is 0. The maximum atomic E-state index is 12.3. The fourth-order valence-electron chi connectivity index (χ4n) is 2.02. The Kier molecular flexibility index (Phi) is 4.90. The van der Waals surface area contributed by atoms with Gasteiger partial charge in [0.25, 0.3) is 5.91 Å². The van der Waals surface area contributed by atoms with Crippen LogP contribution in [0.5, 0.6) is 0 Å². The van der Waals surface area contributed by atoms with Crippen LogP contribution in [0.4, 0.5) is 11.5 Å². The lowest BCUT2D eigenvalue weighted by atomic mass is 10.1. The first kappa shape index (κ1) is 17.2. The molecule has 0 atom stereocenters. The summed E-state index contributed by atoms with van der Waals surface area (Å²) in [6.45, 7) is 9.50. The number of rotatable bonds is 3. The molecule has 1 aromatic carbocycles. The molecule has 0 aliphatic rings. The second-order valence-electron chi connectivity index (χ2n) is 6.47. The van der Waals surface area contributed by atoms with Crippen LogP contribution in [0.1, 0.15) is 42.6 Å². The van der Waals surface area contributed by atoms with E-state index in [1.54, 1.807) is 13.0 Å². The Bertz CT molecular complexity index is 738. The third-order valence-corrected chi connectivity index (χ3v) is 3.26. The normalized spacial score (nSPS) is 11.2. The smallest absolute Gasteiger partial charge is 0.270 e. The predicted octanol–water partition coefficient (Wildman–Crippen LogP) is 4.02. The number of aromatic nitrogens is 2. The van der Waals surface area contributed by atoms with Crippen molar-refractivity contribution < 1.29 is 4.79 Å². The first-order chi connectivity index (χ1) is 10.6. The summed E-state index contributed by atoms with van der Waals surface area (Å²) in [5, 5.41) is 6.73. The number of hydrogen-bond acceptors (Lipinski definition) is 4. The van der Waals surface area contributed by atoms with Crippen molar-refractivity contribution in [2.24, 2.45) is 0 Å². The molecule has 0 unspecified atom stereocenters. The van der Waals surface area contributed by atoms with E-state index in [4.69, 9.17) is 11.6 Å². The van der Waals surface area contributed by atoms with Gasteiger partial charge in [-0.05, 0) is 52.3 Å². The van der Waals surface area contributed by atoms with Crippen molar-refractivity contribution in [1.29, 1.82) is 0 Å². The number of hydrogen-bond donors (Lipinski definition) is 2. The van der Waals surface area contributed by atoms with Crippen LogP contribution in [-0.4, -0.2) is 21.4 Å². The standard InChI is InChI=1S/C17H21ClN4O/c1-10-6-7-12(18)8-13(10)21-15-9-14(19-11(2)20-15)16(23)22-17(3,4)5/h6-9H,1-5H3,(H,22,23)(H,19,20,21). The average molecular weight is 333 g/mol. The van der Waals surface area contributed by atoms with Gasteiger partial charge in [-0.3, -0.25) is 4.79 Å². The molecule has 5 nitrogen and oxygen atoms in total. The van der Waals surface area contributed by atoms with Crippen LogP contribution in [-0.2, 0) is 0 Å². The Hall–Kier alpha value is -2.14. The largest absolute Gasteiger partial charge is 0.346 e. The number of amides is 1. The van der Waals surface area contributed by atoms with Crippen LogP contribution < -0.4 is 10.6 Å². The van der Waals surface area contributed by atoms with Crippen LogP contribution in [0, 0.1) is 13.8 Å². The highest BCUT2D eigenvalue weighted by atomic mass is 35.5. The summed E-state index contributed by atoms with van der Waals surface area (Å²) in [5.74, 6) is 0.851. The summed E-state index contributed by atoms with van der Waals surface area (Å²) in [5.41, 5.74) is 1.88. The van der Waals surface area contributed by atoms with Gasteiger partial charge in [0.1, 0.15) is 17.3 Å². The molecule has 6 heteroatoms. The summed E-state index contributed by atoms with van der Waals surface area (Å²) in [4.78, 5) is 20.8. The van der Waals surface area contributed by atoms with E-state index in [-0.39, 0.29) is 11.4 Å². The van der Waals surface area contributed by atoms with E-state index in [0.29, 0.717) is 22.4 Å². The number of carbonyl (C=O) groups is 1.